The van der Waals surface area contributed by atoms with E-state index in [1.54, 1.807) is 4.90 Å². The Labute approximate surface area is 108 Å². The Balaban J connectivity index is 2.17. The number of fused-ring (bicyclic) bond motifs is 1. The number of carbonyl (C=O) groups is 1. The van der Waals surface area contributed by atoms with E-state index in [-0.39, 0.29) is 5.91 Å². The van der Waals surface area contributed by atoms with Crippen molar-refractivity contribution >= 4 is 17.3 Å². The monoisotopic (exact) mass is 247 g/mol. The average Bonchev–Trinajstić information content (AvgIpc) is 2.71. The lowest BCUT2D eigenvalue weighted by atomic mass is 10.1. The fraction of sp³-hybridized carbons (Fsp3) is 0.500. The van der Waals surface area contributed by atoms with Gasteiger partial charge in [-0.2, -0.15) is 0 Å². The molecule has 0 atom stereocenters. The highest BCUT2D eigenvalue weighted by Crippen LogP contribution is 2.31. The summed E-state index contributed by atoms with van der Waals surface area (Å²) in [5.74, 6) is 0.157. The van der Waals surface area contributed by atoms with Crippen LogP contribution in [-0.4, -0.2) is 37.5 Å². The number of hydrogen-bond donors (Lipinski definition) is 1. The lowest BCUT2D eigenvalue weighted by Gasteiger charge is -2.23. The molecule has 4 nitrogen and oxygen atoms in total. The molecular formula is C14H21N3O. The first-order valence-corrected chi connectivity index (χ1v) is 6.40. The van der Waals surface area contributed by atoms with Crippen LogP contribution >= 0.6 is 0 Å². The van der Waals surface area contributed by atoms with Crippen molar-refractivity contribution in [3.63, 3.8) is 0 Å². The van der Waals surface area contributed by atoms with Crippen LogP contribution in [0.3, 0.4) is 0 Å². The molecule has 2 N–H and O–H groups in total. The summed E-state index contributed by atoms with van der Waals surface area (Å²) in [6, 6.07) is 4.13. The normalized spacial score (nSPS) is 13.6. The number of amides is 1. The number of carbonyl (C=O) groups excluding carboxylic acids is 1. The molecule has 1 aromatic rings. The fourth-order valence-corrected chi connectivity index (χ4v) is 2.27. The molecule has 0 aromatic heterocycles. The zero-order chi connectivity index (χ0) is 13.3. The van der Waals surface area contributed by atoms with Gasteiger partial charge in [0.05, 0.1) is 6.54 Å². The number of nitrogen functional groups attached to an aromatic ring is 1. The van der Waals surface area contributed by atoms with Gasteiger partial charge in [0.1, 0.15) is 0 Å². The van der Waals surface area contributed by atoms with Gasteiger partial charge in [-0.1, -0.05) is 6.07 Å². The van der Waals surface area contributed by atoms with Gasteiger partial charge in [-0.3, -0.25) is 4.79 Å². The summed E-state index contributed by atoms with van der Waals surface area (Å²) in [4.78, 5) is 15.8. The molecule has 1 amide bonds. The number of benzene rings is 1. The van der Waals surface area contributed by atoms with Crippen LogP contribution in [0.2, 0.25) is 0 Å². The minimum Gasteiger partial charge on any atom is -0.398 e. The van der Waals surface area contributed by atoms with Gasteiger partial charge in [0, 0.05) is 31.5 Å². The van der Waals surface area contributed by atoms with E-state index in [1.807, 2.05) is 27.0 Å². The second-order valence-corrected chi connectivity index (χ2v) is 4.92. The Morgan fingerprint density at radius 2 is 2.22 bits per heavy atom. The second-order valence-electron chi connectivity index (χ2n) is 4.92. The Hall–Kier alpha value is -1.71. The summed E-state index contributed by atoms with van der Waals surface area (Å²) < 4.78 is 0. The Morgan fingerprint density at radius 3 is 2.89 bits per heavy atom. The first-order chi connectivity index (χ1) is 8.52. The summed E-state index contributed by atoms with van der Waals surface area (Å²) in [6.45, 7) is 6.10. The minimum absolute atomic E-state index is 0.157. The highest BCUT2D eigenvalue weighted by atomic mass is 16.2. The molecule has 0 unspecified atom stereocenters. The lowest BCUT2D eigenvalue weighted by molar-refractivity contribution is -0.128. The summed E-state index contributed by atoms with van der Waals surface area (Å²) in [6.07, 6.45) is 1.000. The first kappa shape index (κ1) is 12.7. The molecule has 2 rings (SSSR count). The van der Waals surface area contributed by atoms with Crippen LogP contribution < -0.4 is 10.6 Å². The quantitative estimate of drug-likeness (QED) is 0.822. The van der Waals surface area contributed by atoms with Gasteiger partial charge in [0.25, 0.3) is 0 Å². The summed E-state index contributed by atoms with van der Waals surface area (Å²) in [5, 5.41) is 0. The number of rotatable bonds is 3. The lowest BCUT2D eigenvalue weighted by Crippen LogP contribution is -2.37. The third kappa shape index (κ3) is 2.28. The van der Waals surface area contributed by atoms with Gasteiger partial charge in [0.2, 0.25) is 5.91 Å². The topological polar surface area (TPSA) is 49.6 Å². The van der Waals surface area contributed by atoms with Crippen LogP contribution in [0.25, 0.3) is 0 Å². The van der Waals surface area contributed by atoms with E-state index in [4.69, 9.17) is 5.73 Å². The predicted molar refractivity (Wildman–Crippen MR) is 74.8 cm³/mol. The molecule has 0 saturated heterocycles. The van der Waals surface area contributed by atoms with E-state index in [2.05, 4.69) is 11.0 Å². The number of aryl methyl sites for hydroxylation is 1. The van der Waals surface area contributed by atoms with Gasteiger partial charge < -0.3 is 15.5 Å². The molecule has 4 heteroatoms. The van der Waals surface area contributed by atoms with E-state index < -0.39 is 0 Å². The zero-order valence-electron chi connectivity index (χ0n) is 11.4. The molecule has 0 fully saturated rings. The largest absolute Gasteiger partial charge is 0.398 e. The molecule has 1 aliphatic heterocycles. The van der Waals surface area contributed by atoms with Crippen LogP contribution in [0.15, 0.2) is 12.1 Å². The standard InChI is InChI=1S/C14H21N3O/c1-4-16(3)14(18)9-17-6-5-11-7-10(2)12(15)8-13(11)17/h7-8H,4-6,9,15H2,1-3H3. The van der Waals surface area contributed by atoms with Gasteiger partial charge in [0.15, 0.2) is 0 Å². The van der Waals surface area contributed by atoms with Crippen molar-refractivity contribution in [2.75, 3.05) is 37.3 Å². The molecule has 1 aliphatic rings. The fourth-order valence-electron chi connectivity index (χ4n) is 2.27. The molecule has 0 radical (unpaired) electrons. The number of anilines is 2. The SMILES string of the molecule is CCN(C)C(=O)CN1CCc2cc(C)c(N)cc21. The van der Waals surface area contributed by atoms with Crippen LogP contribution in [0.5, 0.6) is 0 Å². The predicted octanol–water partition coefficient (Wildman–Crippen LogP) is 1.42. The average molecular weight is 247 g/mol. The number of likely N-dealkylation sites (N-methyl/N-ethyl adjacent to an activating group) is 1. The maximum absolute atomic E-state index is 11.9. The van der Waals surface area contributed by atoms with Crippen molar-refractivity contribution in [3.8, 4) is 0 Å². The van der Waals surface area contributed by atoms with Crippen molar-refractivity contribution < 1.29 is 4.79 Å². The van der Waals surface area contributed by atoms with Crippen LogP contribution in [0.4, 0.5) is 11.4 Å². The zero-order valence-corrected chi connectivity index (χ0v) is 11.4. The van der Waals surface area contributed by atoms with E-state index in [9.17, 15) is 4.79 Å². The molecule has 0 bridgehead atoms. The van der Waals surface area contributed by atoms with Gasteiger partial charge in [-0.25, -0.2) is 0 Å². The van der Waals surface area contributed by atoms with E-state index in [0.717, 1.165) is 36.4 Å². The summed E-state index contributed by atoms with van der Waals surface area (Å²) >= 11 is 0. The van der Waals surface area contributed by atoms with Crippen molar-refractivity contribution in [1.29, 1.82) is 0 Å². The Bertz CT molecular complexity index is 470. The van der Waals surface area contributed by atoms with Crippen molar-refractivity contribution in [2.24, 2.45) is 0 Å². The van der Waals surface area contributed by atoms with Crippen LogP contribution in [0, 0.1) is 6.92 Å². The van der Waals surface area contributed by atoms with Gasteiger partial charge >= 0.3 is 0 Å². The Morgan fingerprint density at radius 1 is 1.50 bits per heavy atom. The van der Waals surface area contributed by atoms with Crippen molar-refractivity contribution in [2.45, 2.75) is 20.3 Å². The molecular weight excluding hydrogens is 226 g/mol. The third-order valence-corrected chi connectivity index (χ3v) is 3.69. The number of hydrogen-bond acceptors (Lipinski definition) is 3. The van der Waals surface area contributed by atoms with E-state index in [0.29, 0.717) is 6.54 Å². The minimum atomic E-state index is 0.157. The highest BCUT2D eigenvalue weighted by Gasteiger charge is 2.22. The summed E-state index contributed by atoms with van der Waals surface area (Å²) in [5.41, 5.74) is 10.3. The smallest absolute Gasteiger partial charge is 0.241 e. The van der Waals surface area contributed by atoms with Gasteiger partial charge in [-0.05, 0) is 37.5 Å². The van der Waals surface area contributed by atoms with Crippen molar-refractivity contribution in [3.05, 3.63) is 23.3 Å². The van der Waals surface area contributed by atoms with E-state index >= 15 is 0 Å². The summed E-state index contributed by atoms with van der Waals surface area (Å²) in [7, 11) is 1.84. The number of nitrogens with two attached hydrogens (primary N) is 1. The second kappa shape index (κ2) is 4.88. The van der Waals surface area contributed by atoms with Crippen LogP contribution in [-0.2, 0) is 11.2 Å². The first-order valence-electron chi connectivity index (χ1n) is 6.40. The molecule has 1 heterocycles. The third-order valence-electron chi connectivity index (χ3n) is 3.69. The van der Waals surface area contributed by atoms with Crippen LogP contribution in [0.1, 0.15) is 18.1 Å². The molecule has 1 aromatic carbocycles. The Kier molecular flexibility index (Phi) is 3.45. The van der Waals surface area contributed by atoms with E-state index in [1.165, 1.54) is 5.56 Å². The maximum atomic E-state index is 11.9. The molecule has 0 aliphatic carbocycles. The molecule has 0 saturated carbocycles. The maximum Gasteiger partial charge on any atom is 0.241 e. The molecule has 0 spiro atoms. The molecule has 98 valence electrons. The van der Waals surface area contributed by atoms with Gasteiger partial charge in [-0.15, -0.1) is 0 Å². The molecule has 18 heavy (non-hydrogen) atoms. The number of nitrogens with zero attached hydrogens (tertiary/aromatic N) is 2. The highest BCUT2D eigenvalue weighted by molar-refractivity contribution is 5.82. The van der Waals surface area contributed by atoms with Crippen molar-refractivity contribution in [1.82, 2.24) is 4.90 Å².